The van der Waals surface area contributed by atoms with Crippen LogP contribution < -0.4 is 0 Å². The van der Waals surface area contributed by atoms with Gasteiger partial charge in [0.05, 0.1) is 25.9 Å². The van der Waals surface area contributed by atoms with E-state index in [4.69, 9.17) is 9.47 Å². The van der Waals surface area contributed by atoms with Crippen molar-refractivity contribution >= 4 is 23.7 Å². The summed E-state index contributed by atoms with van der Waals surface area (Å²) in [4.78, 5) is 24.2. The number of carbonyl (C=O) groups is 2. The number of aliphatic hydroxyl groups is 1. The largest absolute Gasteiger partial charge is 0.469 e. The quantitative estimate of drug-likeness (QED) is 0.131. The number of unbranched alkanes of at least 4 members (excludes halogenated alkanes) is 9. The molecule has 0 saturated heterocycles. The van der Waals surface area contributed by atoms with Crippen LogP contribution in [0.2, 0.25) is 0 Å². The van der Waals surface area contributed by atoms with Crippen LogP contribution in [0.5, 0.6) is 0 Å². The SMILES string of the molecule is CCCCCCCCCCC[C@@H](Sc1cccc(C(=O)OC)c1)[C@@H](O)CCCCC(=O)OC. The molecule has 0 aromatic heterocycles. The first kappa shape index (κ1) is 29.5. The molecule has 188 valence electrons. The minimum atomic E-state index is -0.455. The fourth-order valence-corrected chi connectivity index (χ4v) is 5.17. The molecule has 1 N–H and O–H groups in total. The summed E-state index contributed by atoms with van der Waals surface area (Å²) in [5.41, 5.74) is 0.525. The van der Waals surface area contributed by atoms with E-state index in [0.29, 0.717) is 18.4 Å². The lowest BCUT2D eigenvalue weighted by molar-refractivity contribution is -0.140. The van der Waals surface area contributed by atoms with E-state index in [0.717, 1.165) is 30.6 Å². The van der Waals surface area contributed by atoms with E-state index in [1.54, 1.807) is 17.8 Å². The van der Waals surface area contributed by atoms with Crippen molar-refractivity contribution in [3.63, 3.8) is 0 Å². The van der Waals surface area contributed by atoms with Crippen molar-refractivity contribution in [2.24, 2.45) is 0 Å². The van der Waals surface area contributed by atoms with Gasteiger partial charge < -0.3 is 14.6 Å². The number of hydrogen-bond acceptors (Lipinski definition) is 6. The Bertz CT molecular complexity index is 664. The molecule has 0 saturated carbocycles. The number of carbonyl (C=O) groups excluding carboxylic acids is 2. The molecule has 0 amide bonds. The van der Waals surface area contributed by atoms with Gasteiger partial charge in [0.2, 0.25) is 0 Å². The van der Waals surface area contributed by atoms with Crippen LogP contribution in [-0.2, 0) is 14.3 Å². The lowest BCUT2D eigenvalue weighted by Crippen LogP contribution is -2.23. The van der Waals surface area contributed by atoms with Gasteiger partial charge in [0.25, 0.3) is 0 Å². The molecule has 0 aliphatic carbocycles. The minimum absolute atomic E-state index is 0.0561. The van der Waals surface area contributed by atoms with Gasteiger partial charge in [0.1, 0.15) is 0 Å². The molecule has 0 unspecified atom stereocenters. The Morgan fingerprint density at radius 2 is 1.52 bits per heavy atom. The molecule has 6 heteroatoms. The van der Waals surface area contributed by atoms with E-state index in [-0.39, 0.29) is 17.2 Å². The number of aliphatic hydroxyl groups excluding tert-OH is 1. The fraction of sp³-hybridized carbons (Fsp3) is 0.704. The van der Waals surface area contributed by atoms with E-state index in [9.17, 15) is 14.7 Å². The van der Waals surface area contributed by atoms with Gasteiger partial charge in [-0.1, -0.05) is 77.2 Å². The van der Waals surface area contributed by atoms with Gasteiger partial charge in [-0.15, -0.1) is 11.8 Å². The lowest BCUT2D eigenvalue weighted by atomic mass is 10.0. The summed E-state index contributed by atoms with van der Waals surface area (Å²) in [6.45, 7) is 2.24. The maximum absolute atomic E-state index is 11.9. The monoisotopic (exact) mass is 480 g/mol. The summed E-state index contributed by atoms with van der Waals surface area (Å²) in [7, 11) is 2.78. The zero-order valence-electron chi connectivity index (χ0n) is 20.9. The number of hydrogen-bond donors (Lipinski definition) is 1. The standard InChI is InChI=1S/C27H44O5S/c1-4-5-6-7-8-9-10-11-12-19-25(24(28)18-13-14-20-26(29)31-2)33-23-17-15-16-22(21-23)27(30)32-3/h15-17,21,24-25,28H,4-14,18-20H2,1-3H3/t24-,25+/m0/s1. The first-order valence-corrected chi connectivity index (χ1v) is 13.5. The molecule has 0 bridgehead atoms. The van der Waals surface area contributed by atoms with Crippen LogP contribution >= 0.6 is 11.8 Å². The average molecular weight is 481 g/mol. The Morgan fingerprint density at radius 1 is 0.879 bits per heavy atom. The van der Waals surface area contributed by atoms with Gasteiger partial charge >= 0.3 is 11.9 Å². The number of rotatable bonds is 19. The Labute approximate surface area is 205 Å². The minimum Gasteiger partial charge on any atom is -0.469 e. The second-order valence-corrected chi connectivity index (χ2v) is 9.99. The van der Waals surface area contributed by atoms with Crippen LogP contribution in [-0.4, -0.2) is 42.6 Å². The Hall–Kier alpha value is -1.53. The fourth-order valence-electron chi connectivity index (χ4n) is 3.89. The van der Waals surface area contributed by atoms with Gasteiger partial charge in [0.15, 0.2) is 0 Å². The number of benzene rings is 1. The first-order valence-electron chi connectivity index (χ1n) is 12.6. The van der Waals surface area contributed by atoms with Crippen molar-refractivity contribution in [2.75, 3.05) is 14.2 Å². The molecule has 1 aromatic carbocycles. The summed E-state index contributed by atoms with van der Waals surface area (Å²) >= 11 is 1.64. The van der Waals surface area contributed by atoms with Crippen molar-refractivity contribution in [3.05, 3.63) is 29.8 Å². The van der Waals surface area contributed by atoms with Crippen LogP contribution in [0.1, 0.15) is 107 Å². The Kier molecular flexibility index (Phi) is 16.8. The highest BCUT2D eigenvalue weighted by Gasteiger charge is 2.21. The highest BCUT2D eigenvalue weighted by atomic mass is 32.2. The molecule has 0 fully saturated rings. The van der Waals surface area contributed by atoms with Crippen LogP contribution in [0.15, 0.2) is 29.2 Å². The van der Waals surface area contributed by atoms with Gasteiger partial charge in [-0.05, 0) is 37.5 Å². The average Bonchev–Trinajstić information content (AvgIpc) is 2.84. The second-order valence-electron chi connectivity index (χ2n) is 8.68. The molecule has 0 heterocycles. The number of thioether (sulfide) groups is 1. The highest BCUT2D eigenvalue weighted by molar-refractivity contribution is 8.00. The highest BCUT2D eigenvalue weighted by Crippen LogP contribution is 2.32. The number of esters is 2. The van der Waals surface area contributed by atoms with E-state index in [1.165, 1.54) is 65.6 Å². The van der Waals surface area contributed by atoms with Crippen LogP contribution in [0, 0.1) is 0 Å². The third kappa shape index (κ3) is 13.7. The molecular formula is C27H44O5S. The van der Waals surface area contributed by atoms with E-state index >= 15 is 0 Å². The molecule has 1 rings (SSSR count). The second kappa shape index (κ2) is 18.8. The van der Waals surface area contributed by atoms with E-state index < -0.39 is 6.10 Å². The van der Waals surface area contributed by atoms with E-state index in [2.05, 4.69) is 6.92 Å². The predicted molar refractivity (Wildman–Crippen MR) is 136 cm³/mol. The zero-order valence-corrected chi connectivity index (χ0v) is 21.7. The molecule has 0 aliphatic rings. The predicted octanol–water partition coefficient (Wildman–Crippen LogP) is 6.95. The maximum Gasteiger partial charge on any atom is 0.337 e. The normalized spacial score (nSPS) is 12.8. The van der Waals surface area contributed by atoms with Crippen molar-refractivity contribution in [2.45, 2.75) is 113 Å². The Balaban J connectivity index is 2.55. The summed E-state index contributed by atoms with van der Waals surface area (Å²) in [5, 5.41) is 11.0. The number of ether oxygens (including phenoxy) is 2. The van der Waals surface area contributed by atoms with E-state index in [1.807, 2.05) is 18.2 Å². The number of methoxy groups -OCH3 is 2. The molecule has 0 aliphatic heterocycles. The van der Waals surface area contributed by atoms with Crippen molar-refractivity contribution in [1.82, 2.24) is 0 Å². The molecule has 2 atom stereocenters. The van der Waals surface area contributed by atoms with Gasteiger partial charge in [-0.2, -0.15) is 0 Å². The third-order valence-electron chi connectivity index (χ3n) is 5.92. The first-order chi connectivity index (χ1) is 16.0. The third-order valence-corrected chi connectivity index (χ3v) is 7.30. The summed E-state index contributed by atoms with van der Waals surface area (Å²) < 4.78 is 9.53. The summed E-state index contributed by atoms with van der Waals surface area (Å²) in [6, 6.07) is 7.41. The van der Waals surface area contributed by atoms with Crippen LogP contribution in [0.3, 0.4) is 0 Å². The summed E-state index contributed by atoms with van der Waals surface area (Å²) in [5.74, 6) is -0.555. The molecular weight excluding hydrogens is 436 g/mol. The Morgan fingerprint density at radius 3 is 2.15 bits per heavy atom. The van der Waals surface area contributed by atoms with Crippen molar-refractivity contribution in [3.8, 4) is 0 Å². The van der Waals surface area contributed by atoms with Crippen LogP contribution in [0.4, 0.5) is 0 Å². The lowest BCUT2D eigenvalue weighted by Gasteiger charge is -2.23. The molecule has 33 heavy (non-hydrogen) atoms. The maximum atomic E-state index is 11.9. The summed E-state index contributed by atoms with van der Waals surface area (Å²) in [6.07, 6.45) is 14.5. The molecule has 0 spiro atoms. The molecule has 1 aromatic rings. The smallest absolute Gasteiger partial charge is 0.337 e. The molecule has 0 radical (unpaired) electrons. The molecule has 5 nitrogen and oxygen atoms in total. The van der Waals surface area contributed by atoms with Crippen molar-refractivity contribution in [1.29, 1.82) is 0 Å². The topological polar surface area (TPSA) is 72.8 Å². The van der Waals surface area contributed by atoms with Crippen LogP contribution in [0.25, 0.3) is 0 Å². The zero-order chi connectivity index (χ0) is 24.3. The van der Waals surface area contributed by atoms with Gasteiger partial charge in [-0.3, -0.25) is 4.79 Å². The van der Waals surface area contributed by atoms with Gasteiger partial charge in [-0.25, -0.2) is 4.79 Å². The van der Waals surface area contributed by atoms with Crippen molar-refractivity contribution < 1.29 is 24.2 Å². The van der Waals surface area contributed by atoms with Gasteiger partial charge in [0, 0.05) is 16.6 Å².